The number of nitrogens with zero attached hydrogens (tertiary/aromatic N) is 1. The Kier molecular flexibility index (Phi) is 5.33. The lowest BCUT2D eigenvalue weighted by Gasteiger charge is -2.20. The van der Waals surface area contributed by atoms with Crippen LogP contribution in [0.2, 0.25) is 0 Å². The van der Waals surface area contributed by atoms with Gasteiger partial charge in [0.2, 0.25) is 5.91 Å². The molecule has 23 heavy (non-hydrogen) atoms. The van der Waals surface area contributed by atoms with Crippen LogP contribution >= 0.6 is 11.3 Å². The molecule has 2 aromatic rings. The van der Waals surface area contributed by atoms with Crippen molar-refractivity contribution in [2.75, 3.05) is 11.9 Å². The Bertz CT molecular complexity index is 677. The summed E-state index contributed by atoms with van der Waals surface area (Å²) in [5.74, 6) is -0.239. The quantitative estimate of drug-likeness (QED) is 0.805. The molecule has 0 bridgehead atoms. The molecular formula is C16H20N4O2S. The fraction of sp³-hybridized carbons (Fsp3) is 0.312. The zero-order valence-electron chi connectivity index (χ0n) is 13.3. The van der Waals surface area contributed by atoms with Crippen molar-refractivity contribution in [3.05, 3.63) is 35.7 Å². The van der Waals surface area contributed by atoms with Crippen molar-refractivity contribution in [2.24, 2.45) is 0 Å². The summed E-state index contributed by atoms with van der Waals surface area (Å²) in [5, 5.41) is 10.3. The summed E-state index contributed by atoms with van der Waals surface area (Å²) in [5.41, 5.74) is 1.47. The van der Waals surface area contributed by atoms with Gasteiger partial charge in [-0.25, -0.2) is 9.78 Å². The number of thiazole rings is 1. The Morgan fingerprint density at radius 3 is 2.52 bits per heavy atom. The molecule has 0 saturated heterocycles. The third kappa shape index (κ3) is 5.71. The normalized spacial score (nSPS) is 10.9. The summed E-state index contributed by atoms with van der Waals surface area (Å²) in [4.78, 5) is 27.8. The molecule has 2 rings (SSSR count). The highest BCUT2D eigenvalue weighted by molar-refractivity contribution is 7.14. The second kappa shape index (κ2) is 7.23. The van der Waals surface area contributed by atoms with Crippen molar-refractivity contribution in [1.82, 2.24) is 15.6 Å². The van der Waals surface area contributed by atoms with Crippen molar-refractivity contribution >= 4 is 28.4 Å². The van der Waals surface area contributed by atoms with E-state index in [0.29, 0.717) is 5.13 Å². The van der Waals surface area contributed by atoms with Gasteiger partial charge in [-0.1, -0.05) is 30.3 Å². The van der Waals surface area contributed by atoms with Gasteiger partial charge in [0.05, 0.1) is 12.2 Å². The number of hydrogen-bond acceptors (Lipinski definition) is 4. The van der Waals surface area contributed by atoms with E-state index in [0.717, 1.165) is 11.3 Å². The highest BCUT2D eigenvalue weighted by atomic mass is 32.1. The minimum Gasteiger partial charge on any atom is -0.350 e. The molecule has 1 heterocycles. The third-order valence-electron chi connectivity index (χ3n) is 2.72. The van der Waals surface area contributed by atoms with Gasteiger partial charge in [-0.3, -0.25) is 10.1 Å². The molecule has 1 aromatic heterocycles. The lowest BCUT2D eigenvalue weighted by Crippen LogP contribution is -2.46. The van der Waals surface area contributed by atoms with Crippen LogP contribution in [-0.2, 0) is 4.79 Å². The third-order valence-corrected chi connectivity index (χ3v) is 3.48. The van der Waals surface area contributed by atoms with Crippen molar-refractivity contribution in [1.29, 1.82) is 0 Å². The first-order valence-electron chi connectivity index (χ1n) is 7.20. The number of urea groups is 1. The molecule has 0 fully saturated rings. The number of benzene rings is 1. The van der Waals surface area contributed by atoms with Gasteiger partial charge in [0.25, 0.3) is 0 Å². The van der Waals surface area contributed by atoms with Gasteiger partial charge in [0, 0.05) is 16.5 Å². The molecule has 0 spiro atoms. The summed E-state index contributed by atoms with van der Waals surface area (Å²) < 4.78 is 0. The van der Waals surface area contributed by atoms with Gasteiger partial charge >= 0.3 is 6.03 Å². The fourth-order valence-corrected chi connectivity index (χ4v) is 2.55. The smallest absolute Gasteiger partial charge is 0.321 e. The second-order valence-electron chi connectivity index (χ2n) is 6.01. The highest BCUT2D eigenvalue weighted by Gasteiger charge is 2.14. The molecule has 0 aliphatic carbocycles. The topological polar surface area (TPSA) is 83.1 Å². The van der Waals surface area contributed by atoms with E-state index in [9.17, 15) is 9.59 Å². The molecule has 122 valence electrons. The van der Waals surface area contributed by atoms with E-state index in [1.165, 1.54) is 11.3 Å². The van der Waals surface area contributed by atoms with E-state index in [1.807, 2.05) is 56.5 Å². The molecular weight excluding hydrogens is 312 g/mol. The predicted octanol–water partition coefficient (Wildman–Crippen LogP) is 2.85. The van der Waals surface area contributed by atoms with Gasteiger partial charge in [-0.2, -0.15) is 0 Å². The number of carbonyl (C=O) groups excluding carboxylic acids is 2. The fourth-order valence-electron chi connectivity index (χ4n) is 1.84. The van der Waals surface area contributed by atoms with Gasteiger partial charge in [0.15, 0.2) is 5.13 Å². The average Bonchev–Trinajstić information content (AvgIpc) is 2.93. The maximum atomic E-state index is 11.8. The monoisotopic (exact) mass is 332 g/mol. The maximum absolute atomic E-state index is 11.8. The molecule has 1 aromatic carbocycles. The van der Waals surface area contributed by atoms with Crippen LogP contribution in [0.5, 0.6) is 0 Å². The summed E-state index contributed by atoms with van der Waals surface area (Å²) in [6.07, 6.45) is 0. The Hall–Kier alpha value is -2.41. The minimum absolute atomic E-state index is 0.0833. The van der Waals surface area contributed by atoms with E-state index in [4.69, 9.17) is 0 Å². The van der Waals surface area contributed by atoms with E-state index in [2.05, 4.69) is 20.9 Å². The van der Waals surface area contributed by atoms with Crippen LogP contribution in [0.3, 0.4) is 0 Å². The van der Waals surface area contributed by atoms with E-state index in [-0.39, 0.29) is 18.0 Å². The second-order valence-corrected chi connectivity index (χ2v) is 6.87. The van der Waals surface area contributed by atoms with Crippen LogP contribution in [0.4, 0.5) is 9.93 Å². The number of hydrogen-bond donors (Lipinski definition) is 3. The molecule has 7 heteroatoms. The van der Waals surface area contributed by atoms with E-state index >= 15 is 0 Å². The number of anilines is 1. The van der Waals surface area contributed by atoms with Crippen molar-refractivity contribution in [3.63, 3.8) is 0 Å². The van der Waals surface area contributed by atoms with Crippen LogP contribution in [0, 0.1) is 0 Å². The molecule has 0 saturated carbocycles. The Morgan fingerprint density at radius 2 is 1.87 bits per heavy atom. The van der Waals surface area contributed by atoms with Gasteiger partial charge in [-0.05, 0) is 20.8 Å². The summed E-state index contributed by atoms with van der Waals surface area (Å²) >= 11 is 1.33. The Balaban J connectivity index is 1.84. The molecule has 6 nitrogen and oxygen atoms in total. The number of rotatable bonds is 4. The van der Waals surface area contributed by atoms with Crippen LogP contribution in [0.15, 0.2) is 35.7 Å². The highest BCUT2D eigenvalue weighted by Crippen LogP contribution is 2.24. The number of aromatic nitrogens is 1. The largest absolute Gasteiger partial charge is 0.350 e. The molecule has 0 unspecified atom stereocenters. The summed E-state index contributed by atoms with van der Waals surface area (Å²) in [7, 11) is 0. The van der Waals surface area contributed by atoms with E-state index < -0.39 is 6.03 Å². The molecule has 0 radical (unpaired) electrons. The molecule has 0 aliphatic rings. The van der Waals surface area contributed by atoms with E-state index in [1.54, 1.807) is 0 Å². The van der Waals surface area contributed by atoms with Crippen molar-refractivity contribution < 1.29 is 9.59 Å². The zero-order valence-corrected chi connectivity index (χ0v) is 14.2. The Morgan fingerprint density at radius 1 is 1.17 bits per heavy atom. The first kappa shape index (κ1) is 17.0. The lowest BCUT2D eigenvalue weighted by atomic mass is 10.1. The average molecular weight is 332 g/mol. The van der Waals surface area contributed by atoms with Gasteiger partial charge in [0.1, 0.15) is 0 Å². The SMILES string of the molecule is CC(C)(C)NC(=O)CNC(=O)Nc1nc(-c2ccccc2)cs1. The summed E-state index contributed by atoms with van der Waals surface area (Å²) in [6, 6.07) is 9.25. The number of nitrogens with one attached hydrogen (secondary N) is 3. The van der Waals surface area contributed by atoms with Crippen LogP contribution < -0.4 is 16.0 Å². The summed E-state index contributed by atoms with van der Waals surface area (Å²) in [6.45, 7) is 5.56. The molecule has 3 N–H and O–H groups in total. The minimum atomic E-state index is -0.456. The first-order valence-corrected chi connectivity index (χ1v) is 8.08. The molecule has 0 aliphatic heterocycles. The number of amides is 3. The maximum Gasteiger partial charge on any atom is 0.321 e. The lowest BCUT2D eigenvalue weighted by molar-refractivity contribution is -0.121. The first-order chi connectivity index (χ1) is 10.8. The standard InChI is InChI=1S/C16H20N4O2S/c1-16(2,3)20-13(21)9-17-14(22)19-15-18-12(10-23-15)11-7-5-4-6-8-11/h4-8,10H,9H2,1-3H3,(H,20,21)(H2,17,18,19,22). The predicted molar refractivity (Wildman–Crippen MR) is 92.5 cm³/mol. The molecule has 3 amide bonds. The molecule has 0 atom stereocenters. The van der Waals surface area contributed by atoms with Crippen molar-refractivity contribution in [3.8, 4) is 11.3 Å². The van der Waals surface area contributed by atoms with Gasteiger partial charge < -0.3 is 10.6 Å². The van der Waals surface area contributed by atoms with Crippen molar-refractivity contribution in [2.45, 2.75) is 26.3 Å². The van der Waals surface area contributed by atoms with Crippen LogP contribution in [0.25, 0.3) is 11.3 Å². The Labute approximate surface area is 139 Å². The number of carbonyl (C=O) groups is 2. The van der Waals surface area contributed by atoms with Crippen LogP contribution in [-0.4, -0.2) is 29.0 Å². The van der Waals surface area contributed by atoms with Gasteiger partial charge in [-0.15, -0.1) is 11.3 Å². The van der Waals surface area contributed by atoms with Crippen LogP contribution in [0.1, 0.15) is 20.8 Å². The zero-order chi connectivity index (χ0) is 16.9.